The van der Waals surface area contributed by atoms with E-state index < -0.39 is 0 Å². The second kappa shape index (κ2) is 7.67. The molecule has 7 heteroatoms. The average molecular weight is 291 g/mol. The minimum Gasteiger partial charge on any atom is -0.335 e. The van der Waals surface area contributed by atoms with Crippen LogP contribution in [-0.4, -0.2) is 56.1 Å². The van der Waals surface area contributed by atoms with Crippen molar-refractivity contribution in [2.45, 2.75) is 25.3 Å². The molecule has 6 nitrogen and oxygen atoms in total. The van der Waals surface area contributed by atoms with Gasteiger partial charge in [-0.05, 0) is 45.3 Å². The van der Waals surface area contributed by atoms with Crippen LogP contribution < -0.4 is 16.0 Å². The molecule has 0 radical (unpaired) electrons. The number of urea groups is 1. The number of carbonyl (C=O) groups is 2. The van der Waals surface area contributed by atoms with Gasteiger partial charge in [0.2, 0.25) is 5.91 Å². The van der Waals surface area contributed by atoms with Crippen molar-refractivity contribution in [1.29, 1.82) is 0 Å². The lowest BCUT2D eigenvalue weighted by molar-refractivity contribution is -0.120. The third-order valence-corrected chi connectivity index (χ3v) is 3.40. The first-order chi connectivity index (χ1) is 8.67. The van der Waals surface area contributed by atoms with Crippen molar-refractivity contribution in [2.24, 2.45) is 5.92 Å². The second-order valence-corrected chi connectivity index (χ2v) is 5.24. The SMILES string of the molecule is CNCC1CCN(CC(=O)NC(=O)NC2CC2)C1.Cl. The van der Waals surface area contributed by atoms with E-state index in [9.17, 15) is 9.59 Å². The Morgan fingerprint density at radius 2 is 2.00 bits per heavy atom. The van der Waals surface area contributed by atoms with Crippen LogP contribution in [-0.2, 0) is 4.79 Å². The van der Waals surface area contributed by atoms with E-state index in [4.69, 9.17) is 0 Å². The maximum absolute atomic E-state index is 11.6. The van der Waals surface area contributed by atoms with Gasteiger partial charge in [0.05, 0.1) is 6.54 Å². The van der Waals surface area contributed by atoms with E-state index in [-0.39, 0.29) is 30.4 Å². The Morgan fingerprint density at radius 3 is 2.63 bits per heavy atom. The highest BCUT2D eigenvalue weighted by Crippen LogP contribution is 2.18. The number of nitrogens with one attached hydrogen (secondary N) is 3. The van der Waals surface area contributed by atoms with Crippen molar-refractivity contribution in [3.63, 3.8) is 0 Å². The zero-order valence-electron chi connectivity index (χ0n) is 11.3. The van der Waals surface area contributed by atoms with Gasteiger partial charge in [-0.1, -0.05) is 0 Å². The quantitative estimate of drug-likeness (QED) is 0.663. The molecule has 0 bridgehead atoms. The van der Waals surface area contributed by atoms with Crippen molar-refractivity contribution in [3.05, 3.63) is 0 Å². The zero-order chi connectivity index (χ0) is 13.0. The van der Waals surface area contributed by atoms with Crippen molar-refractivity contribution >= 4 is 24.3 Å². The molecule has 19 heavy (non-hydrogen) atoms. The van der Waals surface area contributed by atoms with Crippen LogP contribution in [0, 0.1) is 5.92 Å². The summed E-state index contributed by atoms with van der Waals surface area (Å²) in [4.78, 5) is 25.1. The van der Waals surface area contributed by atoms with E-state index in [0.29, 0.717) is 12.5 Å². The summed E-state index contributed by atoms with van der Waals surface area (Å²) in [7, 11) is 1.94. The number of hydrogen-bond donors (Lipinski definition) is 3. The molecule has 1 aliphatic carbocycles. The molecule has 0 spiro atoms. The molecule has 3 N–H and O–H groups in total. The number of nitrogens with zero attached hydrogens (tertiary/aromatic N) is 1. The van der Waals surface area contributed by atoms with E-state index in [1.54, 1.807) is 0 Å². The summed E-state index contributed by atoms with van der Waals surface area (Å²) < 4.78 is 0. The van der Waals surface area contributed by atoms with Crippen molar-refractivity contribution in [2.75, 3.05) is 33.2 Å². The van der Waals surface area contributed by atoms with Crippen LogP contribution in [0.3, 0.4) is 0 Å². The molecular formula is C12H23ClN4O2. The topological polar surface area (TPSA) is 73.5 Å². The van der Waals surface area contributed by atoms with Crippen LogP contribution in [0.25, 0.3) is 0 Å². The van der Waals surface area contributed by atoms with Crippen molar-refractivity contribution in [1.82, 2.24) is 20.9 Å². The fourth-order valence-electron chi connectivity index (χ4n) is 2.33. The first-order valence-corrected chi connectivity index (χ1v) is 6.64. The summed E-state index contributed by atoms with van der Waals surface area (Å²) >= 11 is 0. The maximum atomic E-state index is 11.6. The van der Waals surface area contributed by atoms with Crippen LogP contribution in [0.4, 0.5) is 4.79 Å². The van der Waals surface area contributed by atoms with E-state index >= 15 is 0 Å². The smallest absolute Gasteiger partial charge is 0.321 e. The molecule has 1 unspecified atom stereocenters. The van der Waals surface area contributed by atoms with Gasteiger partial charge in [0, 0.05) is 12.6 Å². The Balaban J connectivity index is 0.00000180. The molecule has 0 aromatic carbocycles. The van der Waals surface area contributed by atoms with E-state index in [2.05, 4.69) is 20.9 Å². The summed E-state index contributed by atoms with van der Waals surface area (Å²) in [6.07, 6.45) is 3.17. The molecular weight excluding hydrogens is 268 g/mol. The Kier molecular flexibility index (Phi) is 6.54. The summed E-state index contributed by atoms with van der Waals surface area (Å²) in [5.74, 6) is 0.404. The number of likely N-dealkylation sites (tertiary alicyclic amines) is 1. The third-order valence-electron chi connectivity index (χ3n) is 3.40. The number of carbonyl (C=O) groups excluding carboxylic acids is 2. The highest BCUT2D eigenvalue weighted by atomic mass is 35.5. The third kappa shape index (κ3) is 5.76. The summed E-state index contributed by atoms with van der Waals surface area (Å²) in [6.45, 7) is 3.17. The van der Waals surface area contributed by atoms with Gasteiger partial charge >= 0.3 is 6.03 Å². The summed E-state index contributed by atoms with van der Waals surface area (Å²) in [5.41, 5.74) is 0. The minimum absolute atomic E-state index is 0. The normalized spacial score (nSPS) is 22.7. The average Bonchev–Trinajstić information content (AvgIpc) is 2.99. The summed E-state index contributed by atoms with van der Waals surface area (Å²) in [6, 6.07) is -0.0712. The first kappa shape index (κ1) is 16.2. The predicted molar refractivity (Wildman–Crippen MR) is 75.4 cm³/mol. The molecule has 2 fully saturated rings. The fourth-order valence-corrected chi connectivity index (χ4v) is 2.33. The fraction of sp³-hybridized carbons (Fsp3) is 0.833. The first-order valence-electron chi connectivity index (χ1n) is 6.64. The number of hydrogen-bond acceptors (Lipinski definition) is 4. The Hall–Kier alpha value is -0.850. The van der Waals surface area contributed by atoms with Gasteiger partial charge in [-0.15, -0.1) is 12.4 Å². The molecule has 0 aromatic rings. The molecule has 1 aliphatic heterocycles. The molecule has 0 aromatic heterocycles. The highest BCUT2D eigenvalue weighted by Gasteiger charge is 2.26. The number of amides is 3. The van der Waals surface area contributed by atoms with Gasteiger partial charge in [-0.2, -0.15) is 0 Å². The van der Waals surface area contributed by atoms with E-state index in [1.165, 1.54) is 0 Å². The Morgan fingerprint density at radius 1 is 1.26 bits per heavy atom. The summed E-state index contributed by atoms with van der Waals surface area (Å²) in [5, 5.41) is 8.27. The monoisotopic (exact) mass is 290 g/mol. The highest BCUT2D eigenvalue weighted by molar-refractivity contribution is 5.95. The van der Waals surface area contributed by atoms with Gasteiger partial charge in [0.25, 0.3) is 0 Å². The van der Waals surface area contributed by atoms with Gasteiger partial charge in [-0.3, -0.25) is 15.0 Å². The maximum Gasteiger partial charge on any atom is 0.321 e. The number of imide groups is 1. The Labute approximate surface area is 120 Å². The standard InChI is InChI=1S/C12H22N4O2.ClH/c1-13-6-9-4-5-16(7-9)8-11(17)15-12(18)14-10-2-3-10;/h9-10,13H,2-8H2,1H3,(H2,14,15,17,18);1H. The largest absolute Gasteiger partial charge is 0.335 e. The molecule has 110 valence electrons. The van der Waals surface area contributed by atoms with Gasteiger partial charge < -0.3 is 10.6 Å². The van der Waals surface area contributed by atoms with Crippen LogP contribution in [0.1, 0.15) is 19.3 Å². The molecule has 2 aliphatic rings. The van der Waals surface area contributed by atoms with Gasteiger partial charge in [0.1, 0.15) is 0 Å². The number of halogens is 1. The van der Waals surface area contributed by atoms with Gasteiger partial charge in [0.15, 0.2) is 0 Å². The van der Waals surface area contributed by atoms with Crippen molar-refractivity contribution in [3.8, 4) is 0 Å². The second-order valence-electron chi connectivity index (χ2n) is 5.24. The predicted octanol–water partition coefficient (Wildman–Crippen LogP) is -0.0623. The lowest BCUT2D eigenvalue weighted by atomic mass is 10.1. The molecule has 1 heterocycles. The Bertz CT molecular complexity index is 323. The molecule has 2 rings (SSSR count). The van der Waals surface area contributed by atoms with Crippen LogP contribution in [0.2, 0.25) is 0 Å². The lowest BCUT2D eigenvalue weighted by Crippen LogP contribution is -2.44. The molecule has 1 saturated carbocycles. The van der Waals surface area contributed by atoms with Crippen LogP contribution in [0.15, 0.2) is 0 Å². The lowest BCUT2D eigenvalue weighted by Gasteiger charge is -2.15. The minimum atomic E-state index is -0.353. The zero-order valence-corrected chi connectivity index (χ0v) is 12.1. The molecule has 3 amide bonds. The van der Waals surface area contributed by atoms with E-state index in [1.807, 2.05) is 7.05 Å². The van der Waals surface area contributed by atoms with E-state index in [0.717, 1.165) is 38.9 Å². The molecule has 1 atom stereocenters. The van der Waals surface area contributed by atoms with Gasteiger partial charge in [-0.25, -0.2) is 4.79 Å². The molecule has 1 saturated heterocycles. The number of rotatable bonds is 5. The van der Waals surface area contributed by atoms with Crippen molar-refractivity contribution < 1.29 is 9.59 Å². The van der Waals surface area contributed by atoms with Crippen LogP contribution >= 0.6 is 12.4 Å². The van der Waals surface area contributed by atoms with Crippen LogP contribution in [0.5, 0.6) is 0 Å².